The summed E-state index contributed by atoms with van der Waals surface area (Å²) in [6.07, 6.45) is 7.83. The molecule has 0 spiro atoms. The fraction of sp³-hybridized carbons (Fsp3) is 0.765. The molecular formula is C17H29N5O. The third-order valence-electron chi connectivity index (χ3n) is 4.94. The molecule has 0 aromatic carbocycles. The van der Waals surface area contributed by atoms with Gasteiger partial charge in [-0.15, -0.1) is 0 Å². The van der Waals surface area contributed by atoms with Gasteiger partial charge in [-0.05, 0) is 12.8 Å². The number of nitrogens with two attached hydrogens (primary N) is 1. The van der Waals surface area contributed by atoms with Crippen molar-refractivity contribution in [2.75, 3.05) is 46.3 Å². The van der Waals surface area contributed by atoms with Crippen LogP contribution < -0.4 is 5.73 Å². The monoisotopic (exact) mass is 319 g/mol. The van der Waals surface area contributed by atoms with Gasteiger partial charge in [0.25, 0.3) is 5.91 Å². The van der Waals surface area contributed by atoms with E-state index in [1.54, 1.807) is 11.1 Å². The number of hydrogen-bond donors (Lipinski definition) is 1. The van der Waals surface area contributed by atoms with Crippen molar-refractivity contribution in [2.24, 2.45) is 5.73 Å². The van der Waals surface area contributed by atoms with Crippen molar-refractivity contribution in [1.82, 2.24) is 14.7 Å². The summed E-state index contributed by atoms with van der Waals surface area (Å²) in [5, 5.41) is 9.39. The lowest BCUT2D eigenvalue weighted by Crippen LogP contribution is -2.50. The molecule has 1 aliphatic carbocycles. The lowest BCUT2D eigenvalue weighted by molar-refractivity contribution is -0.128. The average molecular weight is 319 g/mol. The minimum Gasteiger partial charge on any atom is -0.376 e. The second kappa shape index (κ2) is 8.90. The molecule has 0 atom stereocenters. The molecule has 6 nitrogen and oxygen atoms in total. The van der Waals surface area contributed by atoms with Crippen molar-refractivity contribution in [3.63, 3.8) is 0 Å². The van der Waals surface area contributed by atoms with Gasteiger partial charge >= 0.3 is 0 Å². The largest absolute Gasteiger partial charge is 0.376 e. The summed E-state index contributed by atoms with van der Waals surface area (Å²) in [5.41, 5.74) is 5.82. The second-order valence-corrected chi connectivity index (χ2v) is 6.53. The van der Waals surface area contributed by atoms with E-state index in [1.807, 2.05) is 7.05 Å². The predicted octanol–water partition coefficient (Wildman–Crippen LogP) is 0.761. The summed E-state index contributed by atoms with van der Waals surface area (Å²) in [6, 6.07) is 2.56. The Labute approximate surface area is 139 Å². The van der Waals surface area contributed by atoms with Crippen molar-refractivity contribution in [1.29, 1.82) is 5.26 Å². The molecule has 23 heavy (non-hydrogen) atoms. The molecule has 0 aromatic heterocycles. The molecule has 1 aliphatic heterocycles. The van der Waals surface area contributed by atoms with E-state index >= 15 is 0 Å². The van der Waals surface area contributed by atoms with Gasteiger partial charge in [0.1, 0.15) is 11.6 Å². The highest BCUT2D eigenvalue weighted by Crippen LogP contribution is 2.22. The number of nitriles is 1. The van der Waals surface area contributed by atoms with Crippen molar-refractivity contribution in [3.8, 4) is 6.07 Å². The summed E-state index contributed by atoms with van der Waals surface area (Å²) in [7, 11) is 1.99. The quantitative estimate of drug-likeness (QED) is 0.598. The van der Waals surface area contributed by atoms with E-state index in [0.29, 0.717) is 25.7 Å². The van der Waals surface area contributed by atoms with Crippen LogP contribution in [0.15, 0.2) is 11.8 Å². The van der Waals surface area contributed by atoms with Crippen molar-refractivity contribution in [2.45, 2.75) is 38.1 Å². The van der Waals surface area contributed by atoms with Gasteiger partial charge in [0.2, 0.25) is 0 Å². The molecule has 6 heteroatoms. The maximum atomic E-state index is 12.6. The van der Waals surface area contributed by atoms with Crippen molar-refractivity contribution >= 4 is 5.91 Å². The van der Waals surface area contributed by atoms with Crippen LogP contribution in [0.1, 0.15) is 32.1 Å². The highest BCUT2D eigenvalue weighted by atomic mass is 16.2. The maximum absolute atomic E-state index is 12.6. The Balaban J connectivity index is 1.93. The van der Waals surface area contributed by atoms with E-state index in [4.69, 9.17) is 5.73 Å². The molecule has 2 aliphatic rings. The van der Waals surface area contributed by atoms with Crippen LogP contribution in [0.25, 0.3) is 0 Å². The number of carbonyl (C=O) groups is 1. The average Bonchev–Trinajstić information content (AvgIpc) is 2.60. The fourth-order valence-electron chi connectivity index (χ4n) is 3.46. The molecule has 2 N–H and O–H groups in total. The molecule has 128 valence electrons. The van der Waals surface area contributed by atoms with Gasteiger partial charge in [-0.2, -0.15) is 5.26 Å². The number of rotatable bonds is 5. The van der Waals surface area contributed by atoms with E-state index in [0.717, 1.165) is 32.5 Å². The van der Waals surface area contributed by atoms with Crippen LogP contribution in [-0.4, -0.2) is 73.0 Å². The van der Waals surface area contributed by atoms with Gasteiger partial charge in [0, 0.05) is 58.6 Å². The minimum atomic E-state index is -0.137. The number of piperazine rings is 1. The molecular weight excluding hydrogens is 290 g/mol. The molecule has 1 saturated carbocycles. The summed E-state index contributed by atoms with van der Waals surface area (Å²) in [5.74, 6) is -0.137. The van der Waals surface area contributed by atoms with E-state index in [2.05, 4.69) is 15.9 Å². The molecule has 1 amide bonds. The molecule has 2 rings (SSSR count). The first-order valence-corrected chi connectivity index (χ1v) is 8.71. The second-order valence-electron chi connectivity index (χ2n) is 6.53. The van der Waals surface area contributed by atoms with Crippen LogP contribution in [-0.2, 0) is 4.79 Å². The Morgan fingerprint density at radius 2 is 1.91 bits per heavy atom. The van der Waals surface area contributed by atoms with Gasteiger partial charge in [-0.25, -0.2) is 0 Å². The number of amides is 1. The van der Waals surface area contributed by atoms with Gasteiger partial charge in [-0.3, -0.25) is 9.69 Å². The third kappa shape index (κ3) is 4.95. The molecule has 0 radical (unpaired) electrons. The zero-order valence-electron chi connectivity index (χ0n) is 14.2. The Morgan fingerprint density at radius 3 is 2.48 bits per heavy atom. The summed E-state index contributed by atoms with van der Waals surface area (Å²) in [6.45, 7) is 4.52. The molecule has 0 aromatic rings. The zero-order valence-corrected chi connectivity index (χ0v) is 14.2. The van der Waals surface area contributed by atoms with Crippen LogP contribution in [0, 0.1) is 11.3 Å². The van der Waals surface area contributed by atoms with Gasteiger partial charge in [0.15, 0.2) is 0 Å². The summed E-state index contributed by atoms with van der Waals surface area (Å²) >= 11 is 0. The van der Waals surface area contributed by atoms with E-state index in [9.17, 15) is 10.1 Å². The maximum Gasteiger partial charge on any atom is 0.266 e. The van der Waals surface area contributed by atoms with E-state index in [-0.39, 0.29) is 11.5 Å². The fourth-order valence-corrected chi connectivity index (χ4v) is 3.46. The third-order valence-corrected chi connectivity index (χ3v) is 4.94. The van der Waals surface area contributed by atoms with E-state index in [1.165, 1.54) is 19.3 Å². The Kier molecular flexibility index (Phi) is 6.87. The van der Waals surface area contributed by atoms with Crippen molar-refractivity contribution < 1.29 is 4.79 Å². The minimum absolute atomic E-state index is 0.137. The summed E-state index contributed by atoms with van der Waals surface area (Å²) < 4.78 is 0. The normalized spacial score (nSPS) is 21.1. The Morgan fingerprint density at radius 1 is 1.26 bits per heavy atom. The molecule has 0 bridgehead atoms. The number of nitrogens with zero attached hydrogens (tertiary/aromatic N) is 4. The van der Waals surface area contributed by atoms with Crippen LogP contribution in [0.5, 0.6) is 0 Å². The van der Waals surface area contributed by atoms with Crippen molar-refractivity contribution in [3.05, 3.63) is 11.8 Å². The van der Waals surface area contributed by atoms with Crippen LogP contribution >= 0.6 is 0 Å². The standard InChI is InChI=1S/C17H29N5O/c1-20(16-5-3-2-4-6-16)14-15(13-19)17(23)22-11-9-21(8-7-18)10-12-22/h14,16H,2-12,18H2,1H3/b15-14-. The van der Waals surface area contributed by atoms with Crippen LogP contribution in [0.4, 0.5) is 0 Å². The Hall–Kier alpha value is -1.58. The predicted molar refractivity (Wildman–Crippen MR) is 90.4 cm³/mol. The molecule has 0 unspecified atom stereocenters. The van der Waals surface area contributed by atoms with Gasteiger partial charge in [0.05, 0.1) is 0 Å². The Bertz CT molecular complexity index is 456. The van der Waals surface area contributed by atoms with Crippen LogP contribution in [0.3, 0.4) is 0 Å². The zero-order chi connectivity index (χ0) is 16.7. The van der Waals surface area contributed by atoms with Gasteiger partial charge < -0.3 is 15.5 Å². The molecule has 1 heterocycles. The highest BCUT2D eigenvalue weighted by molar-refractivity contribution is 5.97. The SMILES string of the molecule is CN(/C=C(/C#N)C(=O)N1CCN(CCN)CC1)C1CCCCC1. The van der Waals surface area contributed by atoms with Gasteiger partial charge in [-0.1, -0.05) is 19.3 Å². The lowest BCUT2D eigenvalue weighted by atomic mass is 9.94. The first-order valence-electron chi connectivity index (χ1n) is 8.71. The smallest absolute Gasteiger partial charge is 0.266 e. The number of carbonyl (C=O) groups excluding carboxylic acids is 1. The van der Waals surface area contributed by atoms with E-state index < -0.39 is 0 Å². The lowest BCUT2D eigenvalue weighted by Gasteiger charge is -2.35. The topological polar surface area (TPSA) is 76.6 Å². The molecule has 1 saturated heterocycles. The number of hydrogen-bond acceptors (Lipinski definition) is 5. The first-order chi connectivity index (χ1) is 11.2. The summed E-state index contributed by atoms with van der Waals surface area (Å²) in [4.78, 5) is 18.7. The highest BCUT2D eigenvalue weighted by Gasteiger charge is 2.24. The first kappa shape index (κ1) is 17.8. The molecule has 2 fully saturated rings. The van der Waals surface area contributed by atoms with Crippen LogP contribution in [0.2, 0.25) is 0 Å².